The zero-order valence-electron chi connectivity index (χ0n) is 11.9. The molecule has 3 unspecified atom stereocenters. The van der Waals surface area contributed by atoms with Gasteiger partial charge in [0.1, 0.15) is 5.76 Å². The maximum absolute atomic E-state index is 5.32. The molecule has 1 aliphatic heterocycles. The summed E-state index contributed by atoms with van der Waals surface area (Å²) in [6.45, 7) is 11.4. The second kappa shape index (κ2) is 6.39. The Morgan fingerprint density at radius 2 is 2.11 bits per heavy atom. The number of rotatable bonds is 5. The summed E-state index contributed by atoms with van der Waals surface area (Å²) in [7, 11) is 0. The van der Waals surface area contributed by atoms with Crippen molar-refractivity contribution in [2.75, 3.05) is 19.6 Å². The van der Waals surface area contributed by atoms with E-state index in [1.165, 1.54) is 19.5 Å². The molecule has 3 atom stereocenters. The van der Waals surface area contributed by atoms with E-state index in [0.29, 0.717) is 6.04 Å². The fourth-order valence-corrected chi connectivity index (χ4v) is 3.02. The Kier molecular flexibility index (Phi) is 4.84. The Labute approximate surface area is 111 Å². The van der Waals surface area contributed by atoms with Gasteiger partial charge < -0.3 is 9.73 Å². The van der Waals surface area contributed by atoms with Gasteiger partial charge in [0.05, 0.1) is 12.8 Å². The van der Waals surface area contributed by atoms with Gasteiger partial charge >= 0.3 is 0 Å². The lowest BCUT2D eigenvalue weighted by atomic mass is 9.91. The average Bonchev–Trinajstić information content (AvgIpc) is 2.80. The molecular formula is C15H26N2O. The summed E-state index contributed by atoms with van der Waals surface area (Å²) in [5.74, 6) is 2.69. The molecule has 18 heavy (non-hydrogen) atoms. The van der Waals surface area contributed by atoms with Crippen LogP contribution in [0, 0.1) is 11.8 Å². The molecule has 3 nitrogen and oxygen atoms in total. The molecule has 0 aliphatic carbocycles. The lowest BCUT2D eigenvalue weighted by Gasteiger charge is -2.38. The molecule has 2 heterocycles. The molecule has 2 rings (SSSR count). The van der Waals surface area contributed by atoms with E-state index in [-0.39, 0.29) is 0 Å². The van der Waals surface area contributed by atoms with Crippen LogP contribution < -0.4 is 5.32 Å². The van der Waals surface area contributed by atoms with Crippen molar-refractivity contribution in [3.8, 4) is 0 Å². The lowest BCUT2D eigenvalue weighted by Crippen LogP contribution is -2.47. The van der Waals surface area contributed by atoms with Gasteiger partial charge in [-0.2, -0.15) is 0 Å². The number of nitrogens with one attached hydrogen (secondary N) is 1. The second-order valence-corrected chi connectivity index (χ2v) is 5.96. The highest BCUT2D eigenvalue weighted by Crippen LogP contribution is 2.22. The van der Waals surface area contributed by atoms with E-state index >= 15 is 0 Å². The quantitative estimate of drug-likeness (QED) is 0.871. The van der Waals surface area contributed by atoms with Crippen molar-refractivity contribution < 1.29 is 4.42 Å². The summed E-state index contributed by atoms with van der Waals surface area (Å²) in [5.41, 5.74) is 0. The van der Waals surface area contributed by atoms with Gasteiger partial charge in [0.2, 0.25) is 0 Å². The highest BCUT2D eigenvalue weighted by molar-refractivity contribution is 4.97. The fraction of sp³-hybridized carbons (Fsp3) is 0.733. The molecule has 0 amide bonds. The third kappa shape index (κ3) is 3.85. The minimum Gasteiger partial charge on any atom is -0.468 e. The third-order valence-electron chi connectivity index (χ3n) is 3.84. The van der Waals surface area contributed by atoms with Crippen LogP contribution in [0.15, 0.2) is 22.8 Å². The van der Waals surface area contributed by atoms with E-state index in [2.05, 4.69) is 31.0 Å². The van der Waals surface area contributed by atoms with Crippen LogP contribution in [-0.4, -0.2) is 30.6 Å². The molecule has 0 spiro atoms. The standard InChI is InChI=1S/C15H26N2O/c1-12-7-13(2)11-17(10-12)14(3)8-16-9-15-5-4-6-18-15/h4-6,12-14,16H,7-11H2,1-3H3. The number of furan rings is 1. The van der Waals surface area contributed by atoms with Crippen molar-refractivity contribution in [2.24, 2.45) is 11.8 Å². The lowest BCUT2D eigenvalue weighted by molar-refractivity contribution is 0.102. The Morgan fingerprint density at radius 1 is 1.39 bits per heavy atom. The molecule has 0 saturated carbocycles. The van der Waals surface area contributed by atoms with Crippen molar-refractivity contribution >= 4 is 0 Å². The van der Waals surface area contributed by atoms with Crippen LogP contribution in [0.4, 0.5) is 0 Å². The van der Waals surface area contributed by atoms with Gasteiger partial charge in [-0.3, -0.25) is 4.90 Å². The first-order chi connectivity index (χ1) is 8.65. The zero-order chi connectivity index (χ0) is 13.0. The van der Waals surface area contributed by atoms with Gasteiger partial charge in [0.25, 0.3) is 0 Å². The molecule has 1 fully saturated rings. The van der Waals surface area contributed by atoms with Crippen LogP contribution in [0.3, 0.4) is 0 Å². The smallest absolute Gasteiger partial charge is 0.117 e. The summed E-state index contributed by atoms with van der Waals surface area (Å²) < 4.78 is 5.32. The van der Waals surface area contributed by atoms with E-state index in [1.54, 1.807) is 6.26 Å². The average molecular weight is 250 g/mol. The molecule has 1 N–H and O–H groups in total. The van der Waals surface area contributed by atoms with E-state index in [4.69, 9.17) is 4.42 Å². The van der Waals surface area contributed by atoms with Crippen LogP contribution in [0.25, 0.3) is 0 Å². The van der Waals surface area contributed by atoms with E-state index in [9.17, 15) is 0 Å². The maximum Gasteiger partial charge on any atom is 0.117 e. The molecular weight excluding hydrogens is 224 g/mol. The predicted molar refractivity (Wildman–Crippen MR) is 74.4 cm³/mol. The number of hydrogen-bond donors (Lipinski definition) is 1. The largest absolute Gasteiger partial charge is 0.468 e. The minimum absolute atomic E-state index is 0.602. The fourth-order valence-electron chi connectivity index (χ4n) is 3.02. The SMILES string of the molecule is CC1CC(C)CN(C(C)CNCc2ccco2)C1. The normalized spacial score (nSPS) is 27.3. The monoisotopic (exact) mass is 250 g/mol. The zero-order valence-corrected chi connectivity index (χ0v) is 11.9. The Balaban J connectivity index is 1.72. The number of likely N-dealkylation sites (tertiary alicyclic amines) is 1. The van der Waals surface area contributed by atoms with Crippen LogP contribution >= 0.6 is 0 Å². The predicted octanol–water partition coefficient (Wildman–Crippen LogP) is 2.74. The topological polar surface area (TPSA) is 28.4 Å². The third-order valence-corrected chi connectivity index (χ3v) is 3.84. The van der Waals surface area contributed by atoms with Crippen molar-refractivity contribution in [1.82, 2.24) is 10.2 Å². The van der Waals surface area contributed by atoms with Gasteiger partial charge in [-0.15, -0.1) is 0 Å². The molecule has 1 saturated heterocycles. The molecule has 102 valence electrons. The van der Waals surface area contributed by atoms with E-state index in [1.807, 2.05) is 12.1 Å². The summed E-state index contributed by atoms with van der Waals surface area (Å²) >= 11 is 0. The highest BCUT2D eigenvalue weighted by atomic mass is 16.3. The van der Waals surface area contributed by atoms with Gasteiger partial charge in [0.15, 0.2) is 0 Å². The molecule has 1 aromatic rings. The summed E-state index contributed by atoms with van der Waals surface area (Å²) in [6, 6.07) is 4.56. The van der Waals surface area contributed by atoms with Gasteiger partial charge in [-0.1, -0.05) is 13.8 Å². The summed E-state index contributed by atoms with van der Waals surface area (Å²) in [4.78, 5) is 2.62. The molecule has 0 radical (unpaired) electrons. The Hall–Kier alpha value is -0.800. The second-order valence-electron chi connectivity index (χ2n) is 5.96. The molecule has 3 heteroatoms. The number of nitrogens with zero attached hydrogens (tertiary/aromatic N) is 1. The van der Waals surface area contributed by atoms with E-state index in [0.717, 1.165) is 30.7 Å². The number of hydrogen-bond acceptors (Lipinski definition) is 3. The van der Waals surface area contributed by atoms with Gasteiger partial charge in [-0.05, 0) is 37.3 Å². The van der Waals surface area contributed by atoms with Gasteiger partial charge in [-0.25, -0.2) is 0 Å². The minimum atomic E-state index is 0.602. The molecule has 0 bridgehead atoms. The van der Waals surface area contributed by atoms with Crippen molar-refractivity contribution in [3.63, 3.8) is 0 Å². The van der Waals surface area contributed by atoms with E-state index < -0.39 is 0 Å². The Morgan fingerprint density at radius 3 is 2.72 bits per heavy atom. The van der Waals surface area contributed by atoms with Crippen LogP contribution in [0.2, 0.25) is 0 Å². The Bertz CT molecular complexity index is 326. The van der Waals surface area contributed by atoms with Crippen LogP contribution in [0.1, 0.15) is 33.0 Å². The first-order valence-electron chi connectivity index (χ1n) is 7.12. The summed E-state index contributed by atoms with van der Waals surface area (Å²) in [6.07, 6.45) is 3.11. The molecule has 1 aliphatic rings. The highest BCUT2D eigenvalue weighted by Gasteiger charge is 2.24. The molecule has 1 aromatic heterocycles. The van der Waals surface area contributed by atoms with Crippen LogP contribution in [-0.2, 0) is 6.54 Å². The van der Waals surface area contributed by atoms with Crippen LogP contribution in [0.5, 0.6) is 0 Å². The number of piperidine rings is 1. The van der Waals surface area contributed by atoms with Gasteiger partial charge in [0, 0.05) is 25.7 Å². The maximum atomic E-state index is 5.32. The van der Waals surface area contributed by atoms with Crippen molar-refractivity contribution in [3.05, 3.63) is 24.2 Å². The van der Waals surface area contributed by atoms with Crippen molar-refractivity contribution in [2.45, 2.75) is 39.8 Å². The first kappa shape index (κ1) is 13.6. The summed E-state index contributed by atoms with van der Waals surface area (Å²) in [5, 5.41) is 3.48. The first-order valence-corrected chi connectivity index (χ1v) is 7.12. The molecule has 0 aromatic carbocycles. The van der Waals surface area contributed by atoms with Crippen molar-refractivity contribution in [1.29, 1.82) is 0 Å².